The van der Waals surface area contributed by atoms with Crippen molar-refractivity contribution in [3.63, 3.8) is 0 Å². The predicted octanol–water partition coefficient (Wildman–Crippen LogP) is -0.243. The molecule has 6 heteroatoms. The fourth-order valence-corrected chi connectivity index (χ4v) is 2.65. The van der Waals surface area contributed by atoms with Gasteiger partial charge in [-0.2, -0.15) is 0 Å². The Hall–Kier alpha value is -0.950. The maximum Gasteiger partial charge on any atom is 0.275 e. The Labute approximate surface area is 98.6 Å². The smallest absolute Gasteiger partial charge is 0.275 e. The van der Waals surface area contributed by atoms with Gasteiger partial charge in [0.25, 0.3) is 5.91 Å². The molecule has 5 nitrogen and oxygen atoms in total. The highest BCUT2D eigenvalue weighted by molar-refractivity contribution is 7.12. The van der Waals surface area contributed by atoms with E-state index in [1.54, 1.807) is 0 Å². The molecule has 88 valence electrons. The van der Waals surface area contributed by atoms with Gasteiger partial charge in [0.1, 0.15) is 0 Å². The second-order valence-electron chi connectivity index (χ2n) is 3.77. The first-order valence-electron chi connectivity index (χ1n) is 5.31. The van der Waals surface area contributed by atoms with Crippen molar-refractivity contribution in [2.24, 2.45) is 5.84 Å². The number of hydrogen-bond acceptors (Lipinski definition) is 5. The standard InChI is InChI=1S/C10H16N4OS/c11-13-10(15)9-8(1-6-16-9)7-14-4-2-12-3-5-14/h1,6,12H,2-5,7,11H2,(H,13,15). The molecule has 0 saturated carbocycles. The summed E-state index contributed by atoms with van der Waals surface area (Å²) in [6.45, 7) is 4.91. The molecule has 1 fully saturated rings. The lowest BCUT2D eigenvalue weighted by atomic mass is 10.2. The van der Waals surface area contributed by atoms with Crippen LogP contribution in [0, 0.1) is 0 Å². The molecule has 1 aliphatic heterocycles. The summed E-state index contributed by atoms with van der Waals surface area (Å²) < 4.78 is 0. The van der Waals surface area contributed by atoms with E-state index in [0.717, 1.165) is 43.2 Å². The number of thiophene rings is 1. The Morgan fingerprint density at radius 2 is 2.31 bits per heavy atom. The number of piperazine rings is 1. The molecule has 1 aromatic heterocycles. The lowest BCUT2D eigenvalue weighted by Crippen LogP contribution is -2.43. The van der Waals surface area contributed by atoms with E-state index in [-0.39, 0.29) is 5.91 Å². The first kappa shape index (κ1) is 11.5. The van der Waals surface area contributed by atoms with Gasteiger partial charge < -0.3 is 5.32 Å². The van der Waals surface area contributed by atoms with E-state index in [1.807, 2.05) is 11.4 Å². The van der Waals surface area contributed by atoms with Crippen molar-refractivity contribution in [1.82, 2.24) is 15.6 Å². The molecule has 1 saturated heterocycles. The third kappa shape index (κ3) is 2.59. The van der Waals surface area contributed by atoms with Gasteiger partial charge in [-0.15, -0.1) is 11.3 Å². The Bertz CT molecular complexity index is 359. The van der Waals surface area contributed by atoms with E-state index in [4.69, 9.17) is 5.84 Å². The summed E-state index contributed by atoms with van der Waals surface area (Å²) >= 11 is 1.44. The van der Waals surface area contributed by atoms with Gasteiger partial charge in [-0.1, -0.05) is 0 Å². The topological polar surface area (TPSA) is 70.4 Å². The van der Waals surface area contributed by atoms with E-state index in [9.17, 15) is 4.79 Å². The lowest BCUT2D eigenvalue weighted by molar-refractivity contribution is 0.0955. The molecule has 0 radical (unpaired) electrons. The minimum absolute atomic E-state index is 0.194. The SMILES string of the molecule is NNC(=O)c1sccc1CN1CCNCC1. The summed E-state index contributed by atoms with van der Waals surface area (Å²) in [5.41, 5.74) is 3.25. The van der Waals surface area contributed by atoms with Gasteiger partial charge in [0, 0.05) is 32.7 Å². The zero-order valence-corrected chi connectivity index (χ0v) is 9.85. The van der Waals surface area contributed by atoms with Crippen LogP contribution in [0.2, 0.25) is 0 Å². The van der Waals surface area contributed by atoms with Crippen LogP contribution in [0.3, 0.4) is 0 Å². The lowest BCUT2D eigenvalue weighted by Gasteiger charge is -2.27. The summed E-state index contributed by atoms with van der Waals surface area (Å²) in [6, 6.07) is 2.00. The van der Waals surface area contributed by atoms with Crippen LogP contribution < -0.4 is 16.6 Å². The van der Waals surface area contributed by atoms with Gasteiger partial charge in [0.15, 0.2) is 0 Å². The molecule has 0 unspecified atom stereocenters. The number of carbonyl (C=O) groups is 1. The van der Waals surface area contributed by atoms with Crippen molar-refractivity contribution in [1.29, 1.82) is 0 Å². The van der Waals surface area contributed by atoms with Gasteiger partial charge in [-0.3, -0.25) is 15.1 Å². The Morgan fingerprint density at radius 3 is 3.00 bits per heavy atom. The van der Waals surface area contributed by atoms with Crippen LogP contribution in [0.25, 0.3) is 0 Å². The van der Waals surface area contributed by atoms with E-state index in [2.05, 4.69) is 15.6 Å². The minimum atomic E-state index is -0.194. The Balaban J connectivity index is 2.03. The van der Waals surface area contributed by atoms with Gasteiger partial charge in [0.05, 0.1) is 4.88 Å². The van der Waals surface area contributed by atoms with Gasteiger partial charge >= 0.3 is 0 Å². The molecule has 0 aromatic carbocycles. The summed E-state index contributed by atoms with van der Waals surface area (Å²) in [5.74, 6) is 4.95. The van der Waals surface area contributed by atoms with Crippen molar-refractivity contribution in [3.05, 3.63) is 21.9 Å². The molecule has 0 atom stereocenters. The monoisotopic (exact) mass is 240 g/mol. The summed E-state index contributed by atoms with van der Waals surface area (Å²) in [4.78, 5) is 14.5. The highest BCUT2D eigenvalue weighted by Gasteiger charge is 2.16. The number of nitrogens with two attached hydrogens (primary N) is 1. The molecule has 1 aromatic rings. The highest BCUT2D eigenvalue weighted by Crippen LogP contribution is 2.18. The minimum Gasteiger partial charge on any atom is -0.314 e. The number of nitrogen functional groups attached to an aromatic ring is 1. The number of amides is 1. The normalized spacial score (nSPS) is 17.3. The van der Waals surface area contributed by atoms with E-state index < -0.39 is 0 Å². The second kappa shape index (κ2) is 5.40. The Kier molecular flexibility index (Phi) is 3.89. The number of rotatable bonds is 3. The van der Waals surface area contributed by atoms with Crippen molar-refractivity contribution in [2.45, 2.75) is 6.54 Å². The van der Waals surface area contributed by atoms with E-state index in [1.165, 1.54) is 11.3 Å². The number of hydrogen-bond donors (Lipinski definition) is 3. The molecule has 16 heavy (non-hydrogen) atoms. The van der Waals surface area contributed by atoms with Crippen LogP contribution in [-0.2, 0) is 6.54 Å². The average Bonchev–Trinajstić information content (AvgIpc) is 2.77. The highest BCUT2D eigenvalue weighted by atomic mass is 32.1. The molecule has 0 spiro atoms. The molecule has 0 bridgehead atoms. The van der Waals surface area contributed by atoms with Crippen LogP contribution in [0.15, 0.2) is 11.4 Å². The maximum absolute atomic E-state index is 11.5. The first-order valence-corrected chi connectivity index (χ1v) is 6.19. The first-order chi connectivity index (χ1) is 7.81. The third-order valence-electron chi connectivity index (χ3n) is 2.69. The summed E-state index contributed by atoms with van der Waals surface area (Å²) in [7, 11) is 0. The fourth-order valence-electron chi connectivity index (χ4n) is 1.84. The predicted molar refractivity (Wildman–Crippen MR) is 64.1 cm³/mol. The quantitative estimate of drug-likeness (QED) is 0.387. The molecule has 4 N–H and O–H groups in total. The fraction of sp³-hybridized carbons (Fsp3) is 0.500. The summed E-state index contributed by atoms with van der Waals surface area (Å²) in [6.07, 6.45) is 0. The van der Waals surface area contributed by atoms with Crippen molar-refractivity contribution >= 4 is 17.2 Å². The van der Waals surface area contributed by atoms with Crippen LogP contribution >= 0.6 is 11.3 Å². The third-order valence-corrected chi connectivity index (χ3v) is 3.64. The van der Waals surface area contributed by atoms with Gasteiger partial charge in [-0.25, -0.2) is 5.84 Å². The molecular formula is C10H16N4OS. The largest absolute Gasteiger partial charge is 0.314 e. The van der Waals surface area contributed by atoms with E-state index in [0.29, 0.717) is 0 Å². The zero-order valence-electron chi connectivity index (χ0n) is 9.03. The van der Waals surface area contributed by atoms with Crippen LogP contribution in [0.4, 0.5) is 0 Å². The molecule has 0 aliphatic carbocycles. The Morgan fingerprint density at radius 1 is 1.56 bits per heavy atom. The zero-order chi connectivity index (χ0) is 11.4. The van der Waals surface area contributed by atoms with Crippen LogP contribution in [-0.4, -0.2) is 37.0 Å². The van der Waals surface area contributed by atoms with Gasteiger partial charge in [0.2, 0.25) is 0 Å². The molecule has 1 aliphatic rings. The van der Waals surface area contributed by atoms with E-state index >= 15 is 0 Å². The van der Waals surface area contributed by atoms with Crippen molar-refractivity contribution in [2.75, 3.05) is 26.2 Å². The number of carbonyl (C=O) groups excluding carboxylic acids is 1. The average molecular weight is 240 g/mol. The number of nitrogens with zero attached hydrogens (tertiary/aromatic N) is 1. The molecule has 2 heterocycles. The van der Waals surface area contributed by atoms with Crippen molar-refractivity contribution in [3.8, 4) is 0 Å². The number of nitrogens with one attached hydrogen (secondary N) is 2. The second-order valence-corrected chi connectivity index (χ2v) is 4.69. The molecule has 1 amide bonds. The van der Waals surface area contributed by atoms with Crippen molar-refractivity contribution < 1.29 is 4.79 Å². The number of hydrazine groups is 1. The molecule has 2 rings (SSSR count). The summed E-state index contributed by atoms with van der Waals surface area (Å²) in [5, 5.41) is 5.24. The van der Waals surface area contributed by atoms with Crippen LogP contribution in [0.1, 0.15) is 15.2 Å². The maximum atomic E-state index is 11.5. The van der Waals surface area contributed by atoms with Gasteiger partial charge in [-0.05, 0) is 17.0 Å². The molecular weight excluding hydrogens is 224 g/mol. The van der Waals surface area contributed by atoms with Crippen LogP contribution in [0.5, 0.6) is 0 Å².